The second-order valence-corrected chi connectivity index (χ2v) is 8.30. The fraction of sp³-hybridized carbons (Fsp3) is 0.455. The highest BCUT2D eigenvalue weighted by molar-refractivity contribution is 6.30. The van der Waals surface area contributed by atoms with Crippen LogP contribution < -0.4 is 4.74 Å². The molecule has 0 saturated heterocycles. The van der Waals surface area contributed by atoms with Crippen LogP contribution in [0.1, 0.15) is 50.2 Å². The molecule has 1 aliphatic carbocycles. The number of benzene rings is 2. The molecule has 0 heterocycles. The minimum absolute atomic E-state index is 0.251. The first kappa shape index (κ1) is 22.8. The van der Waals surface area contributed by atoms with Crippen molar-refractivity contribution in [3.8, 4) is 5.75 Å². The first-order valence-corrected chi connectivity index (χ1v) is 10.1. The van der Waals surface area contributed by atoms with Gasteiger partial charge in [0.05, 0.1) is 5.56 Å². The van der Waals surface area contributed by atoms with E-state index in [2.05, 4.69) is 11.7 Å². The van der Waals surface area contributed by atoms with Crippen molar-refractivity contribution in [3.63, 3.8) is 0 Å². The van der Waals surface area contributed by atoms with Gasteiger partial charge in [-0.15, -0.1) is 0 Å². The van der Waals surface area contributed by atoms with Crippen LogP contribution in [0.3, 0.4) is 0 Å². The van der Waals surface area contributed by atoms with Crippen molar-refractivity contribution >= 4 is 11.6 Å². The molecule has 0 N–H and O–H groups in total. The van der Waals surface area contributed by atoms with Crippen LogP contribution in [0.4, 0.5) is 26.3 Å². The molecule has 30 heavy (non-hydrogen) atoms. The van der Waals surface area contributed by atoms with Crippen molar-refractivity contribution in [2.45, 2.75) is 51.6 Å². The van der Waals surface area contributed by atoms with E-state index in [9.17, 15) is 26.3 Å². The number of rotatable bonds is 6. The van der Waals surface area contributed by atoms with Crippen LogP contribution in [0.2, 0.25) is 5.02 Å². The quantitative estimate of drug-likeness (QED) is 0.322. The minimum atomic E-state index is -4.38. The summed E-state index contributed by atoms with van der Waals surface area (Å²) in [5.74, 6) is -5.65. The third-order valence-corrected chi connectivity index (χ3v) is 5.95. The first-order valence-electron chi connectivity index (χ1n) is 9.76. The minimum Gasteiger partial charge on any atom is -0.423 e. The van der Waals surface area contributed by atoms with Crippen LogP contribution in [-0.2, 0) is 12.5 Å². The average Bonchev–Trinajstić information content (AvgIpc) is 2.68. The lowest BCUT2D eigenvalue weighted by Gasteiger charge is -2.26. The third-order valence-electron chi connectivity index (χ3n) is 5.58. The maximum absolute atomic E-state index is 14.3. The molecule has 2 aromatic rings. The Labute approximate surface area is 176 Å². The van der Waals surface area contributed by atoms with E-state index < -0.39 is 45.7 Å². The van der Waals surface area contributed by atoms with Gasteiger partial charge in [0.15, 0.2) is 17.4 Å². The molecule has 1 aliphatic rings. The maximum Gasteiger partial charge on any atom is 0.427 e. The largest absolute Gasteiger partial charge is 0.427 e. The predicted molar refractivity (Wildman–Crippen MR) is 102 cm³/mol. The van der Waals surface area contributed by atoms with E-state index >= 15 is 0 Å². The molecular formula is C22H21ClF6O. The number of hydrogen-bond acceptors (Lipinski definition) is 1. The molecule has 3 rings (SSSR count). The molecule has 0 bridgehead atoms. The molecule has 0 amide bonds. The van der Waals surface area contributed by atoms with Gasteiger partial charge in [-0.25, -0.2) is 17.6 Å². The van der Waals surface area contributed by atoms with Gasteiger partial charge in [0.2, 0.25) is 0 Å². The fourth-order valence-corrected chi connectivity index (χ4v) is 3.86. The Kier molecular flexibility index (Phi) is 6.90. The van der Waals surface area contributed by atoms with Gasteiger partial charge in [-0.1, -0.05) is 44.2 Å². The Morgan fingerprint density at radius 1 is 0.900 bits per heavy atom. The number of ether oxygens (including phenoxy) is 1. The van der Waals surface area contributed by atoms with Crippen molar-refractivity contribution in [2.75, 3.05) is 0 Å². The van der Waals surface area contributed by atoms with Crippen LogP contribution in [0.15, 0.2) is 24.3 Å². The molecule has 0 unspecified atom stereocenters. The maximum atomic E-state index is 14.3. The normalized spacial score (nSPS) is 19.7. The second-order valence-electron chi connectivity index (χ2n) is 7.93. The van der Waals surface area contributed by atoms with Gasteiger partial charge in [-0.2, -0.15) is 8.78 Å². The number of halogens is 7. The van der Waals surface area contributed by atoms with Crippen molar-refractivity contribution < 1.29 is 31.1 Å². The Morgan fingerprint density at radius 3 is 1.97 bits per heavy atom. The molecule has 1 fully saturated rings. The van der Waals surface area contributed by atoms with Crippen LogP contribution in [0, 0.1) is 35.1 Å². The molecule has 164 valence electrons. The lowest BCUT2D eigenvalue weighted by molar-refractivity contribution is -0.188. The summed E-state index contributed by atoms with van der Waals surface area (Å²) >= 11 is 5.26. The molecule has 1 nitrogen and oxygen atoms in total. The van der Waals surface area contributed by atoms with Gasteiger partial charge < -0.3 is 4.74 Å². The summed E-state index contributed by atoms with van der Waals surface area (Å²) in [6, 6.07) is 2.40. The summed E-state index contributed by atoms with van der Waals surface area (Å²) in [5.41, 5.74) is -0.917. The van der Waals surface area contributed by atoms with Gasteiger partial charge in [-0.3, -0.25) is 0 Å². The van der Waals surface area contributed by atoms with E-state index in [1.165, 1.54) is 0 Å². The lowest BCUT2D eigenvalue weighted by Crippen LogP contribution is -2.24. The Balaban J connectivity index is 1.73. The Bertz CT molecular complexity index is 862. The highest BCUT2D eigenvalue weighted by atomic mass is 35.5. The summed E-state index contributed by atoms with van der Waals surface area (Å²) in [7, 11) is 0. The number of alkyl halides is 2. The lowest BCUT2D eigenvalue weighted by atomic mass is 9.80. The second kappa shape index (κ2) is 9.08. The van der Waals surface area contributed by atoms with Gasteiger partial charge >= 0.3 is 6.11 Å². The van der Waals surface area contributed by atoms with Gasteiger partial charge in [0, 0.05) is 0 Å². The topological polar surface area (TPSA) is 9.23 Å². The molecule has 0 atom stereocenters. The molecule has 0 aliphatic heterocycles. The predicted octanol–water partition coefficient (Wildman–Crippen LogP) is 7.78. The summed E-state index contributed by atoms with van der Waals surface area (Å²) < 4.78 is 88.4. The number of aryl methyl sites for hydroxylation is 1. The van der Waals surface area contributed by atoms with Gasteiger partial charge in [0.1, 0.15) is 16.7 Å². The third kappa shape index (κ3) is 5.23. The summed E-state index contributed by atoms with van der Waals surface area (Å²) in [4.78, 5) is 0. The van der Waals surface area contributed by atoms with Gasteiger partial charge in [-0.05, 0) is 54.5 Å². The molecule has 0 radical (unpaired) electrons. The zero-order valence-corrected chi connectivity index (χ0v) is 17.0. The van der Waals surface area contributed by atoms with E-state index in [-0.39, 0.29) is 12.1 Å². The molecule has 1 saturated carbocycles. The van der Waals surface area contributed by atoms with Crippen molar-refractivity contribution in [2.24, 2.45) is 11.8 Å². The molecule has 0 aromatic heterocycles. The van der Waals surface area contributed by atoms with Crippen LogP contribution in [0.25, 0.3) is 0 Å². The van der Waals surface area contributed by atoms with Gasteiger partial charge in [0.25, 0.3) is 0 Å². The summed E-state index contributed by atoms with van der Waals surface area (Å²) in [6.07, 6.45) is 1.17. The van der Waals surface area contributed by atoms with Crippen LogP contribution >= 0.6 is 11.6 Å². The highest BCUT2D eigenvalue weighted by Gasteiger charge is 2.38. The molecule has 0 spiro atoms. The monoisotopic (exact) mass is 450 g/mol. The number of hydrogen-bond donors (Lipinski definition) is 0. The summed E-state index contributed by atoms with van der Waals surface area (Å²) in [6.45, 7) is 2.20. The zero-order chi connectivity index (χ0) is 22.1. The summed E-state index contributed by atoms with van der Waals surface area (Å²) in [5, 5.41) is -0.969. The molecular weight excluding hydrogens is 430 g/mol. The Hall–Kier alpha value is -1.89. The van der Waals surface area contributed by atoms with Crippen LogP contribution in [0.5, 0.6) is 5.75 Å². The van der Waals surface area contributed by atoms with Crippen molar-refractivity contribution in [3.05, 3.63) is 63.7 Å². The van der Waals surface area contributed by atoms with E-state index in [1.807, 2.05) is 0 Å². The molecule has 8 heteroatoms. The Morgan fingerprint density at radius 2 is 1.43 bits per heavy atom. The van der Waals surface area contributed by atoms with Crippen molar-refractivity contribution in [1.29, 1.82) is 0 Å². The molecule has 2 aromatic carbocycles. The first-order chi connectivity index (χ1) is 14.1. The van der Waals surface area contributed by atoms with E-state index in [0.29, 0.717) is 23.8 Å². The smallest absolute Gasteiger partial charge is 0.423 e. The van der Waals surface area contributed by atoms with E-state index in [4.69, 9.17) is 11.6 Å². The highest BCUT2D eigenvalue weighted by Crippen LogP contribution is 2.37. The average molecular weight is 451 g/mol. The SMILES string of the molecule is CC1CCC(CCc2cc(F)c(OC(F)(F)c3cc(F)c(Cl)c(F)c3)c(F)c2)CC1. The standard InChI is InChI=1S/C22H21ClF6O/c1-12-2-4-13(5-3-12)6-7-14-8-18(26)21(19(27)9-14)30-22(28,29)15-10-16(24)20(23)17(25)11-15/h8-13H,2-7H2,1H3. The van der Waals surface area contributed by atoms with E-state index in [0.717, 1.165) is 44.2 Å². The van der Waals surface area contributed by atoms with Crippen molar-refractivity contribution in [1.82, 2.24) is 0 Å². The van der Waals surface area contributed by atoms with E-state index in [1.54, 1.807) is 0 Å². The fourth-order valence-electron chi connectivity index (χ4n) is 3.75. The van der Waals surface area contributed by atoms with Crippen LogP contribution in [-0.4, -0.2) is 0 Å². The zero-order valence-electron chi connectivity index (χ0n) is 16.3.